The van der Waals surface area contributed by atoms with Gasteiger partial charge in [0.25, 0.3) is 0 Å². The van der Waals surface area contributed by atoms with Crippen LogP contribution in [0, 0.1) is 0 Å². The van der Waals surface area contributed by atoms with Gasteiger partial charge < -0.3 is 5.11 Å². The SMILES string of the molecule is CCc1ccc(/C(=C/c2cccc(Cl)c2)C(=O)O)cc1. The summed E-state index contributed by atoms with van der Waals surface area (Å²) in [5.41, 5.74) is 2.90. The third-order valence-electron chi connectivity index (χ3n) is 3.06. The van der Waals surface area contributed by atoms with Gasteiger partial charge in [0.1, 0.15) is 0 Å². The first-order chi connectivity index (χ1) is 9.60. The van der Waals surface area contributed by atoms with Gasteiger partial charge in [-0.05, 0) is 41.3 Å². The number of hydrogen-bond acceptors (Lipinski definition) is 1. The van der Waals surface area contributed by atoms with Gasteiger partial charge in [0, 0.05) is 5.02 Å². The maximum Gasteiger partial charge on any atom is 0.336 e. The van der Waals surface area contributed by atoms with Gasteiger partial charge in [-0.1, -0.05) is 54.9 Å². The van der Waals surface area contributed by atoms with E-state index in [9.17, 15) is 9.90 Å². The van der Waals surface area contributed by atoms with Crippen LogP contribution in [0.25, 0.3) is 11.6 Å². The van der Waals surface area contributed by atoms with Crippen molar-refractivity contribution in [1.29, 1.82) is 0 Å². The zero-order valence-corrected chi connectivity index (χ0v) is 11.9. The number of benzene rings is 2. The van der Waals surface area contributed by atoms with Crippen LogP contribution in [0.15, 0.2) is 48.5 Å². The molecule has 1 N–H and O–H groups in total. The van der Waals surface area contributed by atoms with E-state index < -0.39 is 5.97 Å². The van der Waals surface area contributed by atoms with Crippen molar-refractivity contribution in [2.45, 2.75) is 13.3 Å². The number of carboxylic acid groups (broad SMARTS) is 1. The lowest BCUT2D eigenvalue weighted by Gasteiger charge is -2.05. The van der Waals surface area contributed by atoms with E-state index in [-0.39, 0.29) is 5.57 Å². The molecule has 0 aliphatic rings. The molecule has 0 saturated carbocycles. The van der Waals surface area contributed by atoms with Crippen LogP contribution in [0.4, 0.5) is 0 Å². The maximum absolute atomic E-state index is 11.4. The fourth-order valence-corrected chi connectivity index (χ4v) is 2.15. The van der Waals surface area contributed by atoms with Crippen molar-refractivity contribution in [3.05, 3.63) is 70.2 Å². The number of hydrogen-bond donors (Lipinski definition) is 1. The average Bonchev–Trinajstić information content (AvgIpc) is 2.45. The first-order valence-electron chi connectivity index (χ1n) is 6.40. The zero-order chi connectivity index (χ0) is 14.5. The van der Waals surface area contributed by atoms with E-state index in [0.717, 1.165) is 12.0 Å². The van der Waals surface area contributed by atoms with Gasteiger partial charge >= 0.3 is 5.97 Å². The smallest absolute Gasteiger partial charge is 0.336 e. The second-order valence-corrected chi connectivity index (χ2v) is 4.91. The average molecular weight is 287 g/mol. The van der Waals surface area contributed by atoms with Gasteiger partial charge in [-0.3, -0.25) is 0 Å². The summed E-state index contributed by atoms with van der Waals surface area (Å²) >= 11 is 5.92. The van der Waals surface area contributed by atoms with E-state index in [1.165, 1.54) is 5.56 Å². The molecule has 0 radical (unpaired) electrons. The highest BCUT2D eigenvalue weighted by atomic mass is 35.5. The molecule has 0 amide bonds. The minimum absolute atomic E-state index is 0.259. The van der Waals surface area contributed by atoms with Gasteiger partial charge in [0.2, 0.25) is 0 Å². The van der Waals surface area contributed by atoms with Crippen molar-refractivity contribution in [1.82, 2.24) is 0 Å². The maximum atomic E-state index is 11.4. The van der Waals surface area contributed by atoms with Crippen LogP contribution >= 0.6 is 11.6 Å². The summed E-state index contributed by atoms with van der Waals surface area (Å²) in [6, 6.07) is 14.7. The van der Waals surface area contributed by atoms with Gasteiger partial charge in [0.05, 0.1) is 5.57 Å². The molecule has 2 rings (SSSR count). The molecular formula is C17H15ClO2. The molecule has 20 heavy (non-hydrogen) atoms. The van der Waals surface area contributed by atoms with Gasteiger partial charge in [0.15, 0.2) is 0 Å². The number of carboxylic acids is 1. The lowest BCUT2D eigenvalue weighted by atomic mass is 10.0. The molecule has 0 saturated heterocycles. The van der Waals surface area contributed by atoms with Crippen LogP contribution in [-0.4, -0.2) is 11.1 Å². The van der Waals surface area contributed by atoms with E-state index >= 15 is 0 Å². The Bertz CT molecular complexity index is 642. The molecule has 2 aromatic carbocycles. The summed E-state index contributed by atoms with van der Waals surface area (Å²) in [5, 5.41) is 9.97. The zero-order valence-electron chi connectivity index (χ0n) is 11.1. The number of aryl methyl sites for hydroxylation is 1. The van der Waals surface area contributed by atoms with E-state index in [2.05, 4.69) is 6.92 Å². The lowest BCUT2D eigenvalue weighted by molar-refractivity contribution is -0.130. The number of halogens is 1. The molecule has 0 atom stereocenters. The molecule has 2 nitrogen and oxygen atoms in total. The molecule has 2 aromatic rings. The molecule has 102 valence electrons. The van der Waals surface area contributed by atoms with Gasteiger partial charge in [-0.2, -0.15) is 0 Å². The third-order valence-corrected chi connectivity index (χ3v) is 3.30. The quantitative estimate of drug-likeness (QED) is 0.662. The van der Waals surface area contributed by atoms with Crippen LogP contribution < -0.4 is 0 Å². The predicted octanol–water partition coefficient (Wildman–Crippen LogP) is 4.53. The molecule has 0 bridgehead atoms. The molecule has 0 aromatic heterocycles. The molecule has 0 aliphatic carbocycles. The van der Waals surface area contributed by atoms with Crippen LogP contribution in [0.1, 0.15) is 23.6 Å². The van der Waals surface area contributed by atoms with Crippen molar-refractivity contribution in [2.24, 2.45) is 0 Å². The number of aliphatic carboxylic acids is 1. The lowest BCUT2D eigenvalue weighted by Crippen LogP contribution is -1.99. The number of carbonyl (C=O) groups is 1. The summed E-state index contributed by atoms with van der Waals surface area (Å²) in [4.78, 5) is 11.4. The molecule has 0 spiro atoms. The molecule has 0 unspecified atom stereocenters. The Morgan fingerprint density at radius 2 is 1.90 bits per heavy atom. The Kier molecular flexibility index (Phi) is 4.59. The van der Waals surface area contributed by atoms with E-state index in [1.807, 2.05) is 30.3 Å². The first-order valence-corrected chi connectivity index (χ1v) is 6.78. The summed E-state index contributed by atoms with van der Waals surface area (Å²) in [6.07, 6.45) is 2.57. The largest absolute Gasteiger partial charge is 0.478 e. The summed E-state index contributed by atoms with van der Waals surface area (Å²) in [6.45, 7) is 2.06. The van der Waals surface area contributed by atoms with E-state index in [0.29, 0.717) is 10.6 Å². The Morgan fingerprint density at radius 1 is 1.20 bits per heavy atom. The highest BCUT2D eigenvalue weighted by Gasteiger charge is 2.10. The summed E-state index contributed by atoms with van der Waals surface area (Å²) in [5.74, 6) is -0.950. The fraction of sp³-hybridized carbons (Fsp3) is 0.118. The molecule has 0 heterocycles. The normalized spacial score (nSPS) is 11.4. The van der Waals surface area contributed by atoms with Gasteiger partial charge in [-0.25, -0.2) is 4.79 Å². The second kappa shape index (κ2) is 6.40. The topological polar surface area (TPSA) is 37.3 Å². The van der Waals surface area contributed by atoms with Crippen molar-refractivity contribution in [2.75, 3.05) is 0 Å². The summed E-state index contributed by atoms with van der Waals surface area (Å²) in [7, 11) is 0. The van der Waals surface area contributed by atoms with Crippen molar-refractivity contribution in [3.63, 3.8) is 0 Å². The Morgan fingerprint density at radius 3 is 2.45 bits per heavy atom. The van der Waals surface area contributed by atoms with Crippen LogP contribution in [-0.2, 0) is 11.2 Å². The Hall–Kier alpha value is -2.06. The Balaban J connectivity index is 2.42. The van der Waals surface area contributed by atoms with Crippen LogP contribution in [0.2, 0.25) is 5.02 Å². The Labute approximate surface area is 123 Å². The molecular weight excluding hydrogens is 272 g/mol. The predicted molar refractivity (Wildman–Crippen MR) is 82.8 cm³/mol. The van der Waals surface area contributed by atoms with Crippen molar-refractivity contribution < 1.29 is 9.90 Å². The first kappa shape index (κ1) is 14.4. The molecule has 0 fully saturated rings. The fourth-order valence-electron chi connectivity index (χ4n) is 1.95. The second-order valence-electron chi connectivity index (χ2n) is 4.47. The third kappa shape index (κ3) is 3.49. The number of rotatable bonds is 4. The van der Waals surface area contributed by atoms with Gasteiger partial charge in [-0.15, -0.1) is 0 Å². The van der Waals surface area contributed by atoms with E-state index in [1.54, 1.807) is 24.3 Å². The standard InChI is InChI=1S/C17H15ClO2/c1-2-12-6-8-14(9-7-12)16(17(19)20)11-13-4-3-5-15(18)10-13/h3-11H,2H2,1H3,(H,19,20)/b16-11-. The van der Waals surface area contributed by atoms with E-state index in [4.69, 9.17) is 11.6 Å². The van der Waals surface area contributed by atoms with Crippen LogP contribution in [0.5, 0.6) is 0 Å². The minimum Gasteiger partial charge on any atom is -0.478 e. The summed E-state index contributed by atoms with van der Waals surface area (Å²) < 4.78 is 0. The highest BCUT2D eigenvalue weighted by Crippen LogP contribution is 2.21. The van der Waals surface area contributed by atoms with Crippen molar-refractivity contribution in [3.8, 4) is 0 Å². The minimum atomic E-state index is -0.950. The monoisotopic (exact) mass is 286 g/mol. The molecule has 0 aliphatic heterocycles. The van der Waals surface area contributed by atoms with Crippen molar-refractivity contribution >= 4 is 29.2 Å². The highest BCUT2D eigenvalue weighted by molar-refractivity contribution is 6.30. The molecule has 3 heteroatoms. The van der Waals surface area contributed by atoms with Crippen LogP contribution in [0.3, 0.4) is 0 Å².